The molecule has 1 aromatic rings. The second kappa shape index (κ2) is 8.26. The summed E-state index contributed by atoms with van der Waals surface area (Å²) < 4.78 is 32.0. The first-order valence-electron chi connectivity index (χ1n) is 6.35. The summed E-state index contributed by atoms with van der Waals surface area (Å²) >= 11 is 1.58. The van der Waals surface area contributed by atoms with Gasteiger partial charge >= 0.3 is 5.97 Å². The highest BCUT2D eigenvalue weighted by Gasteiger charge is 2.18. The molecule has 0 amide bonds. The molecule has 0 aliphatic carbocycles. The lowest BCUT2D eigenvalue weighted by Crippen LogP contribution is -2.36. The number of carboxylic acid groups (broad SMARTS) is 1. The van der Waals surface area contributed by atoms with Crippen LogP contribution in [0.15, 0.2) is 29.2 Å². The molecular weight excluding hydrogens is 314 g/mol. The molecular formula is C13H19NO5S2. The minimum absolute atomic E-state index is 0.118. The maximum atomic E-state index is 12.2. The van der Waals surface area contributed by atoms with Crippen LogP contribution < -0.4 is 9.46 Å². The Bertz CT molecular complexity index is 556. The number of aliphatic carboxylic acids is 1. The molecule has 6 nitrogen and oxygen atoms in total. The number of ether oxygens (including phenoxy) is 1. The zero-order valence-corrected chi connectivity index (χ0v) is 13.5. The van der Waals surface area contributed by atoms with E-state index in [1.165, 1.54) is 24.3 Å². The zero-order valence-electron chi connectivity index (χ0n) is 11.9. The van der Waals surface area contributed by atoms with Gasteiger partial charge in [-0.2, -0.15) is 11.8 Å². The van der Waals surface area contributed by atoms with Crippen LogP contribution in [0.2, 0.25) is 0 Å². The average molecular weight is 333 g/mol. The molecule has 0 radical (unpaired) electrons. The minimum atomic E-state index is -3.58. The molecule has 0 heterocycles. The fraction of sp³-hybridized carbons (Fsp3) is 0.462. The summed E-state index contributed by atoms with van der Waals surface area (Å²) in [6.45, 7) is 1.46. The number of carboxylic acids is 1. The van der Waals surface area contributed by atoms with Crippen LogP contribution in [-0.4, -0.2) is 44.2 Å². The van der Waals surface area contributed by atoms with Crippen molar-refractivity contribution in [1.82, 2.24) is 4.72 Å². The Labute approximate surface area is 128 Å². The first-order chi connectivity index (χ1) is 9.89. The molecule has 2 N–H and O–H groups in total. The largest absolute Gasteiger partial charge is 0.482 e. The van der Waals surface area contributed by atoms with E-state index in [0.717, 1.165) is 0 Å². The molecule has 8 heteroatoms. The van der Waals surface area contributed by atoms with Crippen molar-refractivity contribution in [2.24, 2.45) is 0 Å². The van der Waals surface area contributed by atoms with E-state index < -0.39 is 22.6 Å². The minimum Gasteiger partial charge on any atom is -0.482 e. The average Bonchev–Trinajstić information content (AvgIpc) is 2.45. The summed E-state index contributed by atoms with van der Waals surface area (Å²) in [5, 5.41) is 8.50. The van der Waals surface area contributed by atoms with E-state index in [4.69, 9.17) is 9.84 Å². The van der Waals surface area contributed by atoms with Crippen molar-refractivity contribution in [3.63, 3.8) is 0 Å². The molecule has 0 aliphatic rings. The lowest BCUT2D eigenvalue weighted by molar-refractivity contribution is -0.139. The monoisotopic (exact) mass is 333 g/mol. The Morgan fingerprint density at radius 3 is 2.48 bits per heavy atom. The van der Waals surface area contributed by atoms with E-state index in [1.54, 1.807) is 11.8 Å². The molecule has 1 rings (SSSR count). The van der Waals surface area contributed by atoms with Gasteiger partial charge in [0.1, 0.15) is 5.75 Å². The highest BCUT2D eigenvalue weighted by molar-refractivity contribution is 7.98. The van der Waals surface area contributed by atoms with Gasteiger partial charge in [-0.1, -0.05) is 6.92 Å². The molecule has 0 aromatic heterocycles. The third-order valence-corrected chi connectivity index (χ3v) is 4.95. The van der Waals surface area contributed by atoms with Gasteiger partial charge in [-0.25, -0.2) is 17.9 Å². The van der Waals surface area contributed by atoms with Crippen molar-refractivity contribution in [3.05, 3.63) is 24.3 Å². The van der Waals surface area contributed by atoms with E-state index in [-0.39, 0.29) is 10.9 Å². The van der Waals surface area contributed by atoms with E-state index in [2.05, 4.69) is 4.72 Å². The number of benzene rings is 1. The van der Waals surface area contributed by atoms with E-state index in [1.807, 2.05) is 13.2 Å². The smallest absolute Gasteiger partial charge is 0.341 e. The molecule has 1 unspecified atom stereocenters. The van der Waals surface area contributed by atoms with Gasteiger partial charge in [-0.05, 0) is 36.9 Å². The Morgan fingerprint density at radius 1 is 1.38 bits per heavy atom. The van der Waals surface area contributed by atoms with E-state index in [9.17, 15) is 13.2 Å². The molecule has 0 saturated carbocycles. The fourth-order valence-corrected chi connectivity index (χ4v) is 3.73. The second-order valence-electron chi connectivity index (χ2n) is 4.34. The van der Waals surface area contributed by atoms with Gasteiger partial charge in [-0.15, -0.1) is 0 Å². The quantitative estimate of drug-likeness (QED) is 0.712. The SMILES string of the molecule is CCC(CSC)NS(=O)(=O)c1ccc(OCC(=O)O)cc1. The van der Waals surface area contributed by atoms with Crippen molar-refractivity contribution in [2.75, 3.05) is 18.6 Å². The van der Waals surface area contributed by atoms with Gasteiger partial charge in [-0.3, -0.25) is 0 Å². The molecule has 118 valence electrons. The summed E-state index contributed by atoms with van der Waals surface area (Å²) in [5.74, 6) is -0.0704. The molecule has 0 spiro atoms. The van der Waals surface area contributed by atoms with Gasteiger partial charge < -0.3 is 9.84 Å². The predicted octanol–water partition coefficient (Wildman–Crippen LogP) is 1.57. The highest BCUT2D eigenvalue weighted by atomic mass is 32.2. The van der Waals surface area contributed by atoms with Gasteiger partial charge in [0.05, 0.1) is 4.90 Å². The van der Waals surface area contributed by atoms with Crippen LogP contribution in [0.4, 0.5) is 0 Å². The number of hydrogen-bond acceptors (Lipinski definition) is 5. The summed E-state index contributed by atoms with van der Waals surface area (Å²) in [5.41, 5.74) is 0. The lowest BCUT2D eigenvalue weighted by Gasteiger charge is -2.16. The van der Waals surface area contributed by atoms with Gasteiger partial charge in [0.2, 0.25) is 10.0 Å². The number of hydrogen-bond donors (Lipinski definition) is 2. The predicted molar refractivity (Wildman–Crippen MR) is 82.4 cm³/mol. The standard InChI is InChI=1S/C13H19NO5S2/c1-3-10(9-20-2)14-21(17,18)12-6-4-11(5-7-12)19-8-13(15)16/h4-7,10,14H,3,8-9H2,1-2H3,(H,15,16). The first-order valence-corrected chi connectivity index (χ1v) is 9.22. The summed E-state index contributed by atoms with van der Waals surface area (Å²) in [6.07, 6.45) is 2.63. The van der Waals surface area contributed by atoms with E-state index >= 15 is 0 Å². The van der Waals surface area contributed by atoms with Crippen molar-refractivity contribution >= 4 is 27.8 Å². The number of rotatable bonds is 9. The highest BCUT2D eigenvalue weighted by Crippen LogP contribution is 2.17. The third kappa shape index (κ3) is 5.94. The second-order valence-corrected chi connectivity index (χ2v) is 6.96. The number of sulfonamides is 1. The van der Waals surface area contributed by atoms with Gasteiger partial charge in [0.15, 0.2) is 6.61 Å². The Kier molecular flexibility index (Phi) is 7.00. The topological polar surface area (TPSA) is 92.7 Å². The number of nitrogens with one attached hydrogen (secondary N) is 1. The van der Waals surface area contributed by atoms with Crippen LogP contribution >= 0.6 is 11.8 Å². The molecule has 1 aromatic carbocycles. The summed E-state index contributed by atoms with van der Waals surface area (Å²) in [4.78, 5) is 10.5. The van der Waals surface area contributed by atoms with Crippen LogP contribution in [0.3, 0.4) is 0 Å². The molecule has 0 saturated heterocycles. The van der Waals surface area contributed by atoms with Gasteiger partial charge in [0.25, 0.3) is 0 Å². The van der Waals surface area contributed by atoms with Crippen molar-refractivity contribution in [1.29, 1.82) is 0 Å². The molecule has 21 heavy (non-hydrogen) atoms. The van der Waals surface area contributed by atoms with Crippen molar-refractivity contribution in [3.8, 4) is 5.75 Å². The maximum Gasteiger partial charge on any atom is 0.341 e. The number of thioether (sulfide) groups is 1. The number of carbonyl (C=O) groups is 1. The van der Waals surface area contributed by atoms with E-state index in [0.29, 0.717) is 17.9 Å². The summed E-state index contributed by atoms with van der Waals surface area (Å²) in [6, 6.07) is 5.55. The first kappa shape index (κ1) is 17.8. The molecule has 0 aliphatic heterocycles. The van der Waals surface area contributed by atoms with Crippen molar-refractivity contribution < 1.29 is 23.1 Å². The molecule has 0 bridgehead atoms. The summed E-state index contributed by atoms with van der Waals surface area (Å²) in [7, 11) is -3.58. The lowest BCUT2D eigenvalue weighted by atomic mass is 10.3. The Hall–Kier alpha value is -1.25. The normalized spacial score (nSPS) is 12.9. The van der Waals surface area contributed by atoms with Crippen LogP contribution in [0.5, 0.6) is 5.75 Å². The molecule has 0 fully saturated rings. The van der Waals surface area contributed by atoms with Crippen LogP contribution in [0.1, 0.15) is 13.3 Å². The fourth-order valence-electron chi connectivity index (χ4n) is 1.58. The van der Waals surface area contributed by atoms with Crippen LogP contribution in [-0.2, 0) is 14.8 Å². The maximum absolute atomic E-state index is 12.2. The molecule has 1 atom stereocenters. The Balaban J connectivity index is 2.77. The van der Waals surface area contributed by atoms with Gasteiger partial charge in [0, 0.05) is 11.8 Å². The van der Waals surface area contributed by atoms with Crippen LogP contribution in [0, 0.1) is 0 Å². The third-order valence-electron chi connectivity index (χ3n) is 2.68. The zero-order chi connectivity index (χ0) is 15.9. The Morgan fingerprint density at radius 2 is 2.00 bits per heavy atom. The van der Waals surface area contributed by atoms with Crippen molar-refractivity contribution in [2.45, 2.75) is 24.3 Å². The van der Waals surface area contributed by atoms with Crippen LogP contribution in [0.25, 0.3) is 0 Å².